The van der Waals surface area contributed by atoms with E-state index in [9.17, 15) is 0 Å². The molecule has 0 aliphatic rings. The second kappa shape index (κ2) is 6.12. The molecule has 1 aromatic rings. The van der Waals surface area contributed by atoms with Crippen LogP contribution < -0.4 is 5.32 Å². The summed E-state index contributed by atoms with van der Waals surface area (Å²) in [6.07, 6.45) is 3.70. The van der Waals surface area contributed by atoms with Crippen LogP contribution in [0.25, 0.3) is 0 Å². The Morgan fingerprint density at radius 1 is 1.35 bits per heavy atom. The molecule has 1 aromatic heterocycles. The van der Waals surface area contributed by atoms with E-state index in [-0.39, 0.29) is 5.41 Å². The fraction of sp³-hybridized carbons (Fsp3) is 0.643. The Labute approximate surface area is 105 Å². The van der Waals surface area contributed by atoms with Gasteiger partial charge in [0.15, 0.2) is 0 Å². The third-order valence-corrected chi connectivity index (χ3v) is 3.48. The minimum atomic E-state index is 0.260. The third-order valence-electron chi connectivity index (χ3n) is 3.48. The fourth-order valence-electron chi connectivity index (χ4n) is 2.08. The van der Waals surface area contributed by atoms with Gasteiger partial charge >= 0.3 is 0 Å². The lowest BCUT2D eigenvalue weighted by molar-refractivity contribution is 0.164. The van der Waals surface area contributed by atoms with E-state index < -0.39 is 0 Å². The first-order chi connectivity index (χ1) is 7.95. The summed E-state index contributed by atoms with van der Waals surface area (Å²) in [5.41, 5.74) is 1.58. The maximum absolute atomic E-state index is 4.04. The molecule has 0 radical (unpaired) electrons. The Hall–Kier alpha value is -0.930. The highest BCUT2D eigenvalue weighted by Crippen LogP contribution is 2.22. The predicted molar refractivity (Wildman–Crippen MR) is 72.9 cm³/mol. The van der Waals surface area contributed by atoms with Gasteiger partial charge in [0, 0.05) is 31.5 Å². The van der Waals surface area contributed by atoms with Crippen LogP contribution in [0.2, 0.25) is 0 Å². The summed E-state index contributed by atoms with van der Waals surface area (Å²) >= 11 is 0. The van der Waals surface area contributed by atoms with Crippen molar-refractivity contribution in [3.63, 3.8) is 0 Å². The molecule has 0 aromatic carbocycles. The standard InChI is InChI=1S/C14H25N3/c1-12(15-4)14(2,3)11-17(5)10-13-6-8-16-9-7-13/h6-9,12,15H,10-11H2,1-5H3. The van der Waals surface area contributed by atoms with E-state index in [0.717, 1.165) is 13.1 Å². The maximum atomic E-state index is 4.04. The fourth-order valence-corrected chi connectivity index (χ4v) is 2.08. The highest BCUT2D eigenvalue weighted by atomic mass is 15.1. The van der Waals surface area contributed by atoms with Crippen LogP contribution in [-0.2, 0) is 6.54 Å². The average molecular weight is 235 g/mol. The number of aromatic nitrogens is 1. The number of nitrogens with one attached hydrogen (secondary N) is 1. The van der Waals surface area contributed by atoms with Crippen LogP contribution in [0.5, 0.6) is 0 Å². The topological polar surface area (TPSA) is 28.2 Å². The molecule has 96 valence electrons. The molecule has 3 nitrogen and oxygen atoms in total. The first-order valence-corrected chi connectivity index (χ1v) is 6.20. The van der Waals surface area contributed by atoms with Gasteiger partial charge in [0.2, 0.25) is 0 Å². The molecule has 17 heavy (non-hydrogen) atoms. The maximum Gasteiger partial charge on any atom is 0.0271 e. The van der Waals surface area contributed by atoms with Crippen LogP contribution >= 0.6 is 0 Å². The Bertz CT molecular complexity index is 321. The Morgan fingerprint density at radius 3 is 2.47 bits per heavy atom. The van der Waals surface area contributed by atoms with Gasteiger partial charge in [-0.15, -0.1) is 0 Å². The van der Waals surface area contributed by atoms with Gasteiger partial charge in [-0.2, -0.15) is 0 Å². The van der Waals surface area contributed by atoms with Crippen LogP contribution in [0.15, 0.2) is 24.5 Å². The first-order valence-electron chi connectivity index (χ1n) is 6.20. The molecule has 1 heterocycles. The van der Waals surface area contributed by atoms with Gasteiger partial charge in [-0.1, -0.05) is 13.8 Å². The minimum Gasteiger partial charge on any atom is -0.317 e. The van der Waals surface area contributed by atoms with Crippen LogP contribution in [0.4, 0.5) is 0 Å². The number of pyridine rings is 1. The van der Waals surface area contributed by atoms with Gasteiger partial charge in [-0.3, -0.25) is 4.98 Å². The lowest BCUT2D eigenvalue weighted by atomic mass is 9.85. The predicted octanol–water partition coefficient (Wildman–Crippen LogP) is 2.15. The van der Waals surface area contributed by atoms with E-state index in [1.165, 1.54) is 5.56 Å². The van der Waals surface area contributed by atoms with Crippen molar-refractivity contribution in [2.24, 2.45) is 5.41 Å². The number of hydrogen-bond donors (Lipinski definition) is 1. The molecule has 0 saturated heterocycles. The van der Waals surface area contributed by atoms with E-state index >= 15 is 0 Å². The van der Waals surface area contributed by atoms with E-state index in [2.05, 4.69) is 55.2 Å². The Kier molecular flexibility index (Phi) is 5.09. The van der Waals surface area contributed by atoms with Gasteiger partial charge in [0.25, 0.3) is 0 Å². The molecular weight excluding hydrogens is 210 g/mol. The lowest BCUT2D eigenvalue weighted by Gasteiger charge is -2.35. The van der Waals surface area contributed by atoms with Gasteiger partial charge in [0.05, 0.1) is 0 Å². The minimum absolute atomic E-state index is 0.260. The molecule has 1 unspecified atom stereocenters. The van der Waals surface area contributed by atoms with Gasteiger partial charge < -0.3 is 10.2 Å². The van der Waals surface area contributed by atoms with E-state index in [4.69, 9.17) is 0 Å². The number of hydrogen-bond acceptors (Lipinski definition) is 3. The van der Waals surface area contributed by atoms with E-state index in [0.29, 0.717) is 6.04 Å². The summed E-state index contributed by atoms with van der Waals surface area (Å²) in [6.45, 7) is 8.88. The zero-order chi connectivity index (χ0) is 12.9. The summed E-state index contributed by atoms with van der Waals surface area (Å²) in [5, 5.41) is 3.34. The Balaban J connectivity index is 2.52. The Morgan fingerprint density at radius 2 is 1.94 bits per heavy atom. The van der Waals surface area contributed by atoms with Crippen molar-refractivity contribution in [1.29, 1.82) is 0 Å². The summed E-state index contributed by atoms with van der Waals surface area (Å²) in [4.78, 5) is 6.40. The van der Waals surface area contributed by atoms with Crippen LogP contribution in [0, 0.1) is 5.41 Å². The normalized spacial score (nSPS) is 14.0. The van der Waals surface area contributed by atoms with Crippen LogP contribution in [0.1, 0.15) is 26.3 Å². The summed E-state index contributed by atoms with van der Waals surface area (Å²) in [5.74, 6) is 0. The molecule has 1 atom stereocenters. The average Bonchev–Trinajstić information content (AvgIpc) is 2.28. The van der Waals surface area contributed by atoms with Crippen molar-refractivity contribution in [2.45, 2.75) is 33.4 Å². The van der Waals surface area contributed by atoms with Crippen molar-refractivity contribution in [2.75, 3.05) is 20.6 Å². The second-order valence-corrected chi connectivity index (χ2v) is 5.53. The first kappa shape index (κ1) is 14.1. The van der Waals surface area contributed by atoms with Crippen LogP contribution in [0.3, 0.4) is 0 Å². The van der Waals surface area contributed by atoms with Crippen molar-refractivity contribution in [1.82, 2.24) is 15.2 Å². The molecule has 0 fully saturated rings. The van der Waals surface area contributed by atoms with E-state index in [1.807, 2.05) is 19.4 Å². The summed E-state index contributed by atoms with van der Waals surface area (Å²) in [6, 6.07) is 4.65. The molecule has 0 bridgehead atoms. The second-order valence-electron chi connectivity index (χ2n) is 5.53. The van der Waals surface area contributed by atoms with Crippen LogP contribution in [-0.4, -0.2) is 36.6 Å². The molecule has 1 rings (SSSR count). The molecule has 1 N–H and O–H groups in total. The highest BCUT2D eigenvalue weighted by Gasteiger charge is 2.26. The zero-order valence-electron chi connectivity index (χ0n) is 11.7. The quantitative estimate of drug-likeness (QED) is 0.819. The molecule has 3 heteroatoms. The number of nitrogens with zero attached hydrogens (tertiary/aromatic N) is 2. The van der Waals surface area contributed by atoms with Gasteiger partial charge in [-0.25, -0.2) is 0 Å². The monoisotopic (exact) mass is 235 g/mol. The number of rotatable bonds is 6. The summed E-state index contributed by atoms with van der Waals surface area (Å²) in [7, 11) is 4.19. The highest BCUT2D eigenvalue weighted by molar-refractivity contribution is 5.09. The molecule has 0 aliphatic heterocycles. The smallest absolute Gasteiger partial charge is 0.0271 e. The van der Waals surface area contributed by atoms with Gasteiger partial charge in [0.1, 0.15) is 0 Å². The van der Waals surface area contributed by atoms with Crippen molar-refractivity contribution in [3.05, 3.63) is 30.1 Å². The lowest BCUT2D eigenvalue weighted by Crippen LogP contribution is -2.44. The zero-order valence-corrected chi connectivity index (χ0v) is 11.7. The molecule has 0 saturated carbocycles. The largest absolute Gasteiger partial charge is 0.317 e. The van der Waals surface area contributed by atoms with Gasteiger partial charge in [-0.05, 0) is 44.1 Å². The molecule has 0 spiro atoms. The van der Waals surface area contributed by atoms with Crippen molar-refractivity contribution in [3.8, 4) is 0 Å². The van der Waals surface area contributed by atoms with Crippen molar-refractivity contribution >= 4 is 0 Å². The molecule has 0 aliphatic carbocycles. The van der Waals surface area contributed by atoms with E-state index in [1.54, 1.807) is 0 Å². The SMILES string of the molecule is CNC(C)C(C)(C)CN(C)Cc1ccncc1. The molecule has 0 amide bonds. The third kappa shape index (κ3) is 4.44. The van der Waals surface area contributed by atoms with Crippen molar-refractivity contribution < 1.29 is 0 Å². The molecular formula is C14H25N3. The summed E-state index contributed by atoms with van der Waals surface area (Å²) < 4.78 is 0.